The maximum Gasteiger partial charge on any atom is 0.170 e. The molecule has 1 unspecified atom stereocenters. The van der Waals surface area contributed by atoms with Crippen LogP contribution >= 0.6 is 0 Å². The fourth-order valence-corrected chi connectivity index (χ4v) is 4.00. The Morgan fingerprint density at radius 2 is 2.21 bits per heavy atom. The summed E-state index contributed by atoms with van der Waals surface area (Å²) in [5.41, 5.74) is 5.49. The van der Waals surface area contributed by atoms with E-state index in [0.29, 0.717) is 11.7 Å². The zero-order valence-electron chi connectivity index (χ0n) is 16.2. The number of benzene rings is 1. The summed E-state index contributed by atoms with van der Waals surface area (Å²) in [4.78, 5) is 0. The number of aromatic nitrogens is 1. The van der Waals surface area contributed by atoms with E-state index in [9.17, 15) is 5.11 Å². The summed E-state index contributed by atoms with van der Waals surface area (Å²) in [5.74, 6) is 2.23. The highest BCUT2D eigenvalue weighted by atomic mass is 16.5. The van der Waals surface area contributed by atoms with Crippen molar-refractivity contribution in [1.29, 1.82) is 0 Å². The predicted octanol–water partition coefficient (Wildman–Crippen LogP) is 3.93. The summed E-state index contributed by atoms with van der Waals surface area (Å²) in [6.45, 7) is 2.00. The molecule has 0 saturated carbocycles. The molecular weight excluding hydrogens is 354 g/mol. The van der Waals surface area contributed by atoms with Crippen molar-refractivity contribution < 1.29 is 19.5 Å². The van der Waals surface area contributed by atoms with E-state index >= 15 is 0 Å². The van der Waals surface area contributed by atoms with Crippen molar-refractivity contribution in [2.45, 2.75) is 45.1 Å². The number of ether oxygens (including phenoxy) is 1. The fourth-order valence-electron chi connectivity index (χ4n) is 4.00. The number of aryl methyl sites for hydroxylation is 1. The quantitative estimate of drug-likeness (QED) is 0.760. The molecule has 2 N–H and O–H groups in total. The third-order valence-corrected chi connectivity index (χ3v) is 5.53. The molecule has 148 valence electrons. The van der Waals surface area contributed by atoms with E-state index in [2.05, 4.69) is 30.3 Å². The van der Waals surface area contributed by atoms with Gasteiger partial charge in [0.2, 0.25) is 0 Å². The van der Waals surface area contributed by atoms with Gasteiger partial charge in [-0.05, 0) is 55.4 Å². The van der Waals surface area contributed by atoms with Crippen LogP contribution in [0.4, 0.5) is 0 Å². The Labute approximate surface area is 165 Å². The number of rotatable bonds is 7. The summed E-state index contributed by atoms with van der Waals surface area (Å²) in [5, 5.41) is 22.7. The van der Waals surface area contributed by atoms with Gasteiger partial charge < -0.3 is 19.5 Å². The molecule has 0 radical (unpaired) electrons. The van der Waals surface area contributed by atoms with Gasteiger partial charge in [-0.3, -0.25) is 0 Å². The van der Waals surface area contributed by atoms with Crippen LogP contribution in [-0.2, 0) is 12.8 Å². The van der Waals surface area contributed by atoms with Gasteiger partial charge in [0.1, 0.15) is 24.2 Å². The number of aliphatic hydroxyl groups is 2. The molecule has 1 aromatic carbocycles. The first-order valence-electron chi connectivity index (χ1n) is 10.1. The van der Waals surface area contributed by atoms with Gasteiger partial charge in [0.25, 0.3) is 0 Å². The first-order valence-corrected chi connectivity index (χ1v) is 10.1. The van der Waals surface area contributed by atoms with Crippen LogP contribution < -0.4 is 4.74 Å². The van der Waals surface area contributed by atoms with Crippen LogP contribution in [-0.4, -0.2) is 34.7 Å². The van der Waals surface area contributed by atoms with E-state index < -0.39 is 6.10 Å². The molecule has 0 amide bonds. The van der Waals surface area contributed by atoms with Crippen LogP contribution in [0.3, 0.4) is 0 Å². The number of nitrogens with zero attached hydrogens (tertiary/aromatic N) is 1. The molecule has 28 heavy (non-hydrogen) atoms. The Hall–Kier alpha value is -2.37. The Balaban J connectivity index is 1.54. The number of hydrogen-bond acceptors (Lipinski definition) is 5. The predicted molar refractivity (Wildman–Crippen MR) is 108 cm³/mol. The minimum Gasteiger partial charge on any atom is -0.491 e. The largest absolute Gasteiger partial charge is 0.491 e. The minimum atomic E-state index is -0.866. The first-order chi connectivity index (χ1) is 13.7. The smallest absolute Gasteiger partial charge is 0.170 e. The van der Waals surface area contributed by atoms with E-state index in [-0.39, 0.29) is 13.2 Å². The molecule has 0 fully saturated rings. The number of aliphatic hydroxyl groups excluding tert-OH is 2. The molecule has 2 aromatic rings. The lowest BCUT2D eigenvalue weighted by Gasteiger charge is -2.18. The molecule has 1 heterocycles. The van der Waals surface area contributed by atoms with E-state index in [1.165, 1.54) is 24.0 Å². The van der Waals surface area contributed by atoms with E-state index in [4.69, 9.17) is 14.4 Å². The van der Waals surface area contributed by atoms with Crippen molar-refractivity contribution in [3.05, 3.63) is 53.3 Å². The van der Waals surface area contributed by atoms with Crippen molar-refractivity contribution in [3.63, 3.8) is 0 Å². The molecule has 0 spiro atoms. The summed E-state index contributed by atoms with van der Waals surface area (Å²) < 4.78 is 11.3. The van der Waals surface area contributed by atoms with Crippen LogP contribution in [0, 0.1) is 5.92 Å². The molecule has 0 aliphatic heterocycles. The molecule has 1 aromatic heterocycles. The lowest BCUT2D eigenvalue weighted by Crippen LogP contribution is -2.21. The first kappa shape index (κ1) is 19.0. The lowest BCUT2D eigenvalue weighted by molar-refractivity contribution is 0.0536. The molecule has 2 atom stereocenters. The third kappa shape index (κ3) is 3.77. The van der Waals surface area contributed by atoms with Gasteiger partial charge in [-0.15, -0.1) is 0 Å². The standard InChI is InChI=1S/C23H27NO4/c1-2-3-15-4-6-16(7-5-15)23-21-10-8-17-12-19(27-14-18(26)13-25)9-11-20(17)22(21)24-28-23/h4,6-7,9,11-12,15,18,25-26H,2-3,5,8,10,13-14H2,1H3/t15?,18-/m1/s1. The Bertz CT molecular complexity index is 896. The summed E-state index contributed by atoms with van der Waals surface area (Å²) in [7, 11) is 0. The second-order valence-electron chi connectivity index (χ2n) is 7.61. The molecule has 4 rings (SSSR count). The van der Waals surface area contributed by atoms with Crippen LogP contribution in [0.15, 0.2) is 41.0 Å². The molecule has 2 aliphatic rings. The molecule has 5 nitrogen and oxygen atoms in total. The molecule has 0 bridgehead atoms. The zero-order chi connectivity index (χ0) is 19.5. The van der Waals surface area contributed by atoms with E-state index in [1.807, 2.05) is 18.2 Å². The Kier molecular flexibility index (Phi) is 5.64. The number of hydrogen-bond donors (Lipinski definition) is 2. The van der Waals surface area contributed by atoms with Gasteiger partial charge in [-0.25, -0.2) is 0 Å². The minimum absolute atomic E-state index is 0.0775. The molecule has 2 aliphatic carbocycles. The number of allylic oxidation sites excluding steroid dienone is 4. The SMILES string of the molecule is CCCC1C=CC(c2onc3c2CCc2cc(OC[C@H](O)CO)ccc2-3)=CC1. The summed E-state index contributed by atoms with van der Waals surface area (Å²) >= 11 is 0. The van der Waals surface area contributed by atoms with Crippen molar-refractivity contribution >= 4 is 5.57 Å². The fraction of sp³-hybridized carbons (Fsp3) is 0.435. The summed E-state index contributed by atoms with van der Waals surface area (Å²) in [6.07, 6.45) is 11.2. The van der Waals surface area contributed by atoms with Crippen LogP contribution in [0.1, 0.15) is 43.1 Å². The summed E-state index contributed by atoms with van der Waals surface area (Å²) in [6, 6.07) is 5.87. The molecule has 5 heteroatoms. The Morgan fingerprint density at radius 3 is 2.96 bits per heavy atom. The monoisotopic (exact) mass is 381 g/mol. The second-order valence-corrected chi connectivity index (χ2v) is 7.61. The van der Waals surface area contributed by atoms with Crippen molar-refractivity contribution in [2.75, 3.05) is 13.2 Å². The maximum absolute atomic E-state index is 9.45. The van der Waals surface area contributed by atoms with Crippen molar-refractivity contribution in [1.82, 2.24) is 5.16 Å². The van der Waals surface area contributed by atoms with Crippen LogP contribution in [0.5, 0.6) is 5.75 Å². The normalized spacial score (nSPS) is 19.0. The average molecular weight is 381 g/mol. The second kappa shape index (κ2) is 8.33. The lowest BCUT2D eigenvalue weighted by atomic mass is 9.86. The van der Waals surface area contributed by atoms with Gasteiger partial charge in [0, 0.05) is 16.7 Å². The number of fused-ring (bicyclic) bond motifs is 3. The van der Waals surface area contributed by atoms with Gasteiger partial charge in [-0.1, -0.05) is 36.7 Å². The Morgan fingerprint density at radius 1 is 1.32 bits per heavy atom. The van der Waals surface area contributed by atoms with Gasteiger partial charge in [0.15, 0.2) is 5.76 Å². The highest BCUT2D eigenvalue weighted by Gasteiger charge is 2.26. The third-order valence-electron chi connectivity index (χ3n) is 5.53. The van der Waals surface area contributed by atoms with Crippen LogP contribution in [0.25, 0.3) is 16.8 Å². The van der Waals surface area contributed by atoms with Gasteiger partial charge >= 0.3 is 0 Å². The average Bonchev–Trinajstić information content (AvgIpc) is 3.17. The topological polar surface area (TPSA) is 75.7 Å². The van der Waals surface area contributed by atoms with Gasteiger partial charge in [-0.2, -0.15) is 0 Å². The zero-order valence-corrected chi connectivity index (χ0v) is 16.2. The molecule has 0 saturated heterocycles. The highest BCUT2D eigenvalue weighted by Crippen LogP contribution is 2.39. The van der Waals surface area contributed by atoms with Gasteiger partial charge in [0.05, 0.1) is 6.61 Å². The van der Waals surface area contributed by atoms with Crippen molar-refractivity contribution in [3.8, 4) is 17.0 Å². The van der Waals surface area contributed by atoms with E-state index in [1.54, 1.807) is 0 Å². The molecular formula is C23H27NO4. The van der Waals surface area contributed by atoms with E-state index in [0.717, 1.165) is 41.9 Å². The maximum atomic E-state index is 9.45. The van der Waals surface area contributed by atoms with Crippen molar-refractivity contribution in [2.24, 2.45) is 5.92 Å². The highest BCUT2D eigenvalue weighted by molar-refractivity contribution is 5.80. The van der Waals surface area contributed by atoms with Crippen LogP contribution in [0.2, 0.25) is 0 Å².